The highest BCUT2D eigenvalue weighted by Crippen LogP contribution is 2.37. The number of amides is 1. The number of aromatic amines is 1. The van der Waals surface area contributed by atoms with Crippen LogP contribution in [0.3, 0.4) is 0 Å². The predicted octanol–water partition coefficient (Wildman–Crippen LogP) is 5.18. The van der Waals surface area contributed by atoms with E-state index in [0.717, 1.165) is 17.2 Å². The van der Waals surface area contributed by atoms with Gasteiger partial charge in [0.05, 0.1) is 6.04 Å². The van der Waals surface area contributed by atoms with Gasteiger partial charge >= 0.3 is 6.18 Å². The SMILES string of the molecule is O=C(NC(c1ccccc1)c1ccc(C2CCC2)cc1)c1ccc(C(F)(F)F)[nH]c1=O. The van der Waals surface area contributed by atoms with Gasteiger partial charge in [-0.05, 0) is 47.6 Å². The second-order valence-corrected chi connectivity index (χ2v) is 7.72. The molecule has 0 saturated heterocycles. The monoisotopic (exact) mass is 426 g/mol. The number of hydrogen-bond donors (Lipinski definition) is 2. The molecule has 7 heteroatoms. The van der Waals surface area contributed by atoms with E-state index in [2.05, 4.69) is 5.32 Å². The number of pyridine rings is 1. The topological polar surface area (TPSA) is 62.0 Å². The van der Waals surface area contributed by atoms with Gasteiger partial charge < -0.3 is 10.3 Å². The van der Waals surface area contributed by atoms with Crippen molar-refractivity contribution in [1.82, 2.24) is 10.3 Å². The molecule has 4 nitrogen and oxygen atoms in total. The molecule has 160 valence electrons. The molecule has 0 spiro atoms. The number of rotatable bonds is 5. The lowest BCUT2D eigenvalue weighted by Crippen LogP contribution is -2.34. The van der Waals surface area contributed by atoms with Crippen LogP contribution in [0.1, 0.15) is 64.0 Å². The molecular formula is C24H21F3N2O2. The molecule has 0 radical (unpaired) electrons. The van der Waals surface area contributed by atoms with Crippen molar-refractivity contribution in [1.29, 1.82) is 0 Å². The highest BCUT2D eigenvalue weighted by molar-refractivity contribution is 5.94. The second-order valence-electron chi connectivity index (χ2n) is 7.72. The number of alkyl halides is 3. The fraction of sp³-hybridized carbons (Fsp3) is 0.250. The fourth-order valence-corrected chi connectivity index (χ4v) is 3.73. The summed E-state index contributed by atoms with van der Waals surface area (Å²) in [6, 6.07) is 18.3. The number of carbonyl (C=O) groups is 1. The van der Waals surface area contributed by atoms with E-state index in [1.54, 1.807) is 4.98 Å². The maximum atomic E-state index is 12.8. The Hall–Kier alpha value is -3.35. The molecule has 0 aliphatic heterocycles. The fourth-order valence-electron chi connectivity index (χ4n) is 3.73. The lowest BCUT2D eigenvalue weighted by atomic mass is 9.79. The summed E-state index contributed by atoms with van der Waals surface area (Å²) in [5.41, 5.74) is 0.230. The van der Waals surface area contributed by atoms with Gasteiger partial charge in [-0.3, -0.25) is 9.59 Å². The van der Waals surface area contributed by atoms with Crippen LogP contribution in [0.25, 0.3) is 0 Å². The summed E-state index contributed by atoms with van der Waals surface area (Å²) < 4.78 is 38.4. The molecule has 2 aromatic carbocycles. The van der Waals surface area contributed by atoms with E-state index >= 15 is 0 Å². The number of aromatic nitrogens is 1. The molecule has 1 aliphatic carbocycles. The van der Waals surface area contributed by atoms with Crippen LogP contribution in [0.4, 0.5) is 13.2 Å². The highest BCUT2D eigenvalue weighted by Gasteiger charge is 2.32. The Morgan fingerprint density at radius 3 is 2.13 bits per heavy atom. The van der Waals surface area contributed by atoms with E-state index < -0.39 is 29.4 Å². The first kappa shape index (κ1) is 20.9. The van der Waals surface area contributed by atoms with Gasteiger partial charge in [-0.25, -0.2) is 0 Å². The van der Waals surface area contributed by atoms with Crippen LogP contribution in [0.2, 0.25) is 0 Å². The molecule has 1 atom stereocenters. The molecule has 31 heavy (non-hydrogen) atoms. The normalized spacial score (nSPS) is 15.2. The van der Waals surface area contributed by atoms with E-state index in [0.29, 0.717) is 12.0 Å². The number of benzene rings is 2. The molecule has 1 saturated carbocycles. The molecule has 1 amide bonds. The van der Waals surface area contributed by atoms with Crippen molar-refractivity contribution in [3.8, 4) is 0 Å². The Kier molecular flexibility index (Phi) is 5.67. The van der Waals surface area contributed by atoms with Gasteiger partial charge in [0.1, 0.15) is 11.3 Å². The first-order valence-electron chi connectivity index (χ1n) is 10.1. The minimum atomic E-state index is -4.69. The summed E-state index contributed by atoms with van der Waals surface area (Å²) in [5, 5.41) is 2.80. The molecule has 1 aliphatic rings. The average molecular weight is 426 g/mol. The van der Waals surface area contributed by atoms with Crippen LogP contribution >= 0.6 is 0 Å². The summed E-state index contributed by atoms with van der Waals surface area (Å²) >= 11 is 0. The van der Waals surface area contributed by atoms with Crippen LogP contribution < -0.4 is 10.9 Å². The quantitative estimate of drug-likeness (QED) is 0.591. The standard InChI is InChI=1S/C24H21F3N2O2/c25-24(26,27)20-14-13-19(22(30)28-20)23(31)29-21(17-5-2-1-3-6-17)18-11-9-16(10-12-18)15-7-4-8-15/h1-3,5-6,9-15,21H,4,7-8H2,(H,28,30)(H,29,31). The minimum Gasteiger partial charge on any atom is -0.341 e. The zero-order valence-corrected chi connectivity index (χ0v) is 16.6. The van der Waals surface area contributed by atoms with Gasteiger partial charge in [-0.2, -0.15) is 13.2 Å². The van der Waals surface area contributed by atoms with Crippen molar-refractivity contribution in [2.24, 2.45) is 0 Å². The van der Waals surface area contributed by atoms with E-state index in [1.165, 1.54) is 24.8 Å². The van der Waals surface area contributed by atoms with Gasteiger partial charge in [0.15, 0.2) is 0 Å². The molecule has 2 N–H and O–H groups in total. The van der Waals surface area contributed by atoms with Gasteiger partial charge in [0, 0.05) is 0 Å². The molecule has 0 bridgehead atoms. The van der Waals surface area contributed by atoms with E-state index in [-0.39, 0.29) is 5.56 Å². The van der Waals surface area contributed by atoms with E-state index in [4.69, 9.17) is 0 Å². The third-order valence-electron chi connectivity index (χ3n) is 5.71. The average Bonchev–Trinajstić information content (AvgIpc) is 2.71. The smallest absolute Gasteiger partial charge is 0.341 e. The van der Waals surface area contributed by atoms with Gasteiger partial charge in [-0.1, -0.05) is 61.0 Å². The van der Waals surface area contributed by atoms with Crippen LogP contribution in [-0.2, 0) is 6.18 Å². The van der Waals surface area contributed by atoms with Gasteiger partial charge in [0.25, 0.3) is 11.5 Å². The van der Waals surface area contributed by atoms with Crippen LogP contribution in [0, 0.1) is 0 Å². The number of carbonyl (C=O) groups excluding carboxylic acids is 1. The highest BCUT2D eigenvalue weighted by atomic mass is 19.4. The summed E-state index contributed by atoms with van der Waals surface area (Å²) in [5.74, 6) is -0.170. The van der Waals surface area contributed by atoms with Crippen LogP contribution in [-0.4, -0.2) is 10.9 Å². The van der Waals surface area contributed by atoms with Crippen LogP contribution in [0.15, 0.2) is 71.5 Å². The third-order valence-corrected chi connectivity index (χ3v) is 5.71. The summed E-state index contributed by atoms with van der Waals surface area (Å²) in [6.07, 6.45) is -1.11. The first-order chi connectivity index (χ1) is 14.8. The van der Waals surface area contributed by atoms with Crippen molar-refractivity contribution in [2.75, 3.05) is 0 Å². The lowest BCUT2D eigenvalue weighted by molar-refractivity contribution is -0.141. The number of nitrogens with one attached hydrogen (secondary N) is 2. The van der Waals surface area contributed by atoms with E-state index in [1.807, 2.05) is 54.6 Å². The Morgan fingerprint density at radius 2 is 1.58 bits per heavy atom. The molecule has 1 heterocycles. The Balaban J connectivity index is 1.62. The minimum absolute atomic E-state index is 0.375. The molecule has 1 unspecified atom stereocenters. The maximum absolute atomic E-state index is 12.8. The summed E-state index contributed by atoms with van der Waals surface area (Å²) in [7, 11) is 0. The van der Waals surface area contributed by atoms with Crippen molar-refractivity contribution >= 4 is 5.91 Å². The molecule has 1 aromatic heterocycles. The maximum Gasteiger partial charge on any atom is 0.431 e. The largest absolute Gasteiger partial charge is 0.431 e. The molecular weight excluding hydrogens is 405 g/mol. The molecule has 4 rings (SSSR count). The summed E-state index contributed by atoms with van der Waals surface area (Å²) in [4.78, 5) is 26.7. The Labute approximate surface area is 177 Å². The predicted molar refractivity (Wildman–Crippen MR) is 111 cm³/mol. The Bertz CT molecular complexity index is 1120. The first-order valence-corrected chi connectivity index (χ1v) is 10.1. The zero-order valence-electron chi connectivity index (χ0n) is 16.6. The zero-order chi connectivity index (χ0) is 22.0. The number of halogens is 3. The van der Waals surface area contributed by atoms with Crippen molar-refractivity contribution in [3.63, 3.8) is 0 Å². The van der Waals surface area contributed by atoms with Gasteiger partial charge in [0.2, 0.25) is 0 Å². The summed E-state index contributed by atoms with van der Waals surface area (Å²) in [6.45, 7) is 0. The second kappa shape index (κ2) is 8.41. The molecule has 1 fully saturated rings. The lowest BCUT2D eigenvalue weighted by Gasteiger charge is -2.26. The Morgan fingerprint density at radius 1 is 0.935 bits per heavy atom. The number of H-pyrrole nitrogens is 1. The molecule has 3 aromatic rings. The van der Waals surface area contributed by atoms with Crippen LogP contribution in [0.5, 0.6) is 0 Å². The van der Waals surface area contributed by atoms with E-state index in [9.17, 15) is 22.8 Å². The van der Waals surface area contributed by atoms with Crippen molar-refractivity contribution in [3.05, 3.63) is 105 Å². The van der Waals surface area contributed by atoms with Crippen molar-refractivity contribution in [2.45, 2.75) is 37.4 Å². The van der Waals surface area contributed by atoms with Gasteiger partial charge in [-0.15, -0.1) is 0 Å². The number of hydrogen-bond acceptors (Lipinski definition) is 2. The van der Waals surface area contributed by atoms with Crippen molar-refractivity contribution < 1.29 is 18.0 Å². The third kappa shape index (κ3) is 4.55.